The Hall–Kier alpha value is -1.82. The van der Waals surface area contributed by atoms with Crippen molar-refractivity contribution in [3.8, 4) is 6.07 Å². The summed E-state index contributed by atoms with van der Waals surface area (Å²) >= 11 is 0. The first-order chi connectivity index (χ1) is 7.63. The van der Waals surface area contributed by atoms with Crippen LogP contribution in [0.2, 0.25) is 0 Å². The van der Waals surface area contributed by atoms with Crippen LogP contribution in [0.4, 0.5) is 0 Å². The largest absolute Gasteiger partial charge is 0.344 e. The third-order valence-corrected chi connectivity index (χ3v) is 2.46. The first-order valence-electron chi connectivity index (χ1n) is 5.30. The van der Waals surface area contributed by atoms with Gasteiger partial charge in [-0.3, -0.25) is 4.79 Å². The van der Waals surface area contributed by atoms with Gasteiger partial charge in [-0.05, 0) is 12.5 Å². The predicted molar refractivity (Wildman–Crippen MR) is 62.8 cm³/mol. The van der Waals surface area contributed by atoms with Crippen LogP contribution < -0.4 is 0 Å². The molecule has 0 aliphatic rings. The first-order valence-corrected chi connectivity index (χ1v) is 5.30. The minimum absolute atomic E-state index is 0.0547. The summed E-state index contributed by atoms with van der Waals surface area (Å²) < 4.78 is 0. The minimum Gasteiger partial charge on any atom is -0.344 e. The molecule has 0 unspecified atom stereocenters. The van der Waals surface area contributed by atoms with E-state index in [2.05, 4.69) is 0 Å². The molecular formula is C13H16N2O. The van der Waals surface area contributed by atoms with Crippen molar-refractivity contribution in [2.24, 2.45) is 0 Å². The van der Waals surface area contributed by atoms with Crippen molar-refractivity contribution in [1.29, 1.82) is 5.26 Å². The zero-order chi connectivity index (χ0) is 12.0. The number of nitriles is 1. The molecule has 0 bridgehead atoms. The molecule has 0 saturated carbocycles. The summed E-state index contributed by atoms with van der Waals surface area (Å²) in [5, 5.41) is 8.43. The third kappa shape index (κ3) is 3.74. The molecule has 3 heteroatoms. The number of benzene rings is 1. The van der Waals surface area contributed by atoms with Crippen LogP contribution in [0.25, 0.3) is 0 Å². The lowest BCUT2D eigenvalue weighted by molar-refractivity contribution is -0.129. The molecule has 1 rings (SSSR count). The molecule has 0 aromatic heterocycles. The van der Waals surface area contributed by atoms with E-state index in [1.165, 1.54) is 5.56 Å². The Kier molecular flexibility index (Phi) is 4.53. The second kappa shape index (κ2) is 5.92. The molecule has 3 nitrogen and oxygen atoms in total. The molecule has 84 valence electrons. The van der Waals surface area contributed by atoms with Crippen LogP contribution in [0, 0.1) is 18.3 Å². The van der Waals surface area contributed by atoms with E-state index in [0.29, 0.717) is 19.4 Å². The molecule has 0 aliphatic carbocycles. The molecule has 1 amide bonds. The van der Waals surface area contributed by atoms with Gasteiger partial charge >= 0.3 is 0 Å². The van der Waals surface area contributed by atoms with Gasteiger partial charge in [-0.1, -0.05) is 29.8 Å². The van der Waals surface area contributed by atoms with E-state index >= 15 is 0 Å². The Morgan fingerprint density at radius 2 is 2.00 bits per heavy atom. The Morgan fingerprint density at radius 3 is 2.56 bits per heavy atom. The molecule has 0 fully saturated rings. The summed E-state index contributed by atoms with van der Waals surface area (Å²) in [5.41, 5.74) is 2.20. The highest BCUT2D eigenvalue weighted by molar-refractivity contribution is 5.78. The van der Waals surface area contributed by atoms with Gasteiger partial charge in [0.25, 0.3) is 0 Å². The topological polar surface area (TPSA) is 44.1 Å². The zero-order valence-electron chi connectivity index (χ0n) is 9.73. The van der Waals surface area contributed by atoms with Crippen molar-refractivity contribution >= 4 is 5.91 Å². The Morgan fingerprint density at radius 1 is 1.38 bits per heavy atom. The van der Waals surface area contributed by atoms with Crippen molar-refractivity contribution in [2.45, 2.75) is 19.8 Å². The maximum atomic E-state index is 11.7. The summed E-state index contributed by atoms with van der Waals surface area (Å²) in [7, 11) is 1.73. The number of amides is 1. The molecule has 16 heavy (non-hydrogen) atoms. The highest BCUT2D eigenvalue weighted by atomic mass is 16.2. The summed E-state index contributed by atoms with van der Waals surface area (Å²) in [4.78, 5) is 13.3. The van der Waals surface area contributed by atoms with Crippen LogP contribution in [0.5, 0.6) is 0 Å². The molecule has 1 aromatic rings. The number of carbonyl (C=O) groups is 1. The molecular weight excluding hydrogens is 200 g/mol. The van der Waals surface area contributed by atoms with Crippen molar-refractivity contribution < 1.29 is 4.79 Å². The van der Waals surface area contributed by atoms with E-state index in [1.807, 2.05) is 37.3 Å². The molecule has 0 aliphatic heterocycles. The van der Waals surface area contributed by atoms with Gasteiger partial charge in [0.1, 0.15) is 0 Å². The average Bonchev–Trinajstić information content (AvgIpc) is 2.29. The van der Waals surface area contributed by atoms with Gasteiger partial charge in [-0.15, -0.1) is 0 Å². The maximum absolute atomic E-state index is 11.7. The zero-order valence-corrected chi connectivity index (χ0v) is 9.73. The predicted octanol–water partition coefficient (Wildman–Crippen LogP) is 1.91. The fraction of sp³-hybridized carbons (Fsp3) is 0.385. The third-order valence-electron chi connectivity index (χ3n) is 2.46. The van der Waals surface area contributed by atoms with Gasteiger partial charge in [0, 0.05) is 13.6 Å². The summed E-state index contributed by atoms with van der Waals surface area (Å²) in [6.45, 7) is 2.52. The number of aryl methyl sites for hydroxylation is 1. The van der Waals surface area contributed by atoms with E-state index < -0.39 is 0 Å². The molecule has 0 N–H and O–H groups in total. The molecule has 1 aromatic carbocycles. The minimum atomic E-state index is 0.0547. The SMILES string of the molecule is Cc1ccc(CC(=O)N(C)CCC#N)cc1. The second-order valence-corrected chi connectivity index (χ2v) is 3.89. The molecule has 0 heterocycles. The number of hydrogen-bond acceptors (Lipinski definition) is 2. The van der Waals surface area contributed by atoms with Gasteiger partial charge < -0.3 is 4.90 Å². The number of carbonyl (C=O) groups excluding carboxylic acids is 1. The van der Waals surface area contributed by atoms with Crippen LogP contribution >= 0.6 is 0 Å². The van der Waals surface area contributed by atoms with E-state index in [0.717, 1.165) is 5.56 Å². The van der Waals surface area contributed by atoms with Crippen LogP contribution in [-0.2, 0) is 11.2 Å². The van der Waals surface area contributed by atoms with Crippen molar-refractivity contribution in [3.63, 3.8) is 0 Å². The van der Waals surface area contributed by atoms with E-state index in [1.54, 1.807) is 11.9 Å². The lowest BCUT2D eigenvalue weighted by atomic mass is 10.1. The van der Waals surface area contributed by atoms with Crippen molar-refractivity contribution in [3.05, 3.63) is 35.4 Å². The Bertz CT molecular complexity index is 389. The number of likely N-dealkylation sites (N-methyl/N-ethyl adjacent to an activating group) is 1. The number of nitrogens with zero attached hydrogens (tertiary/aromatic N) is 2. The van der Waals surface area contributed by atoms with E-state index in [9.17, 15) is 4.79 Å². The molecule has 0 saturated heterocycles. The van der Waals surface area contributed by atoms with Crippen LogP contribution in [0.3, 0.4) is 0 Å². The van der Waals surface area contributed by atoms with E-state index in [-0.39, 0.29) is 5.91 Å². The smallest absolute Gasteiger partial charge is 0.226 e. The Balaban J connectivity index is 2.51. The monoisotopic (exact) mass is 216 g/mol. The fourth-order valence-electron chi connectivity index (χ4n) is 1.36. The number of hydrogen-bond donors (Lipinski definition) is 0. The lowest BCUT2D eigenvalue weighted by Crippen LogP contribution is -2.28. The summed E-state index contributed by atoms with van der Waals surface area (Å²) in [6.07, 6.45) is 0.790. The average molecular weight is 216 g/mol. The van der Waals surface area contributed by atoms with Gasteiger partial charge in [0.2, 0.25) is 5.91 Å². The van der Waals surface area contributed by atoms with Gasteiger partial charge in [0.05, 0.1) is 18.9 Å². The lowest BCUT2D eigenvalue weighted by Gasteiger charge is -2.15. The quantitative estimate of drug-likeness (QED) is 0.771. The van der Waals surface area contributed by atoms with Crippen molar-refractivity contribution in [2.75, 3.05) is 13.6 Å². The second-order valence-electron chi connectivity index (χ2n) is 3.89. The Labute approximate surface area is 96.3 Å². The normalized spacial score (nSPS) is 9.56. The fourth-order valence-corrected chi connectivity index (χ4v) is 1.36. The van der Waals surface area contributed by atoms with Crippen LogP contribution in [0.1, 0.15) is 17.5 Å². The van der Waals surface area contributed by atoms with Gasteiger partial charge in [0.15, 0.2) is 0 Å². The van der Waals surface area contributed by atoms with Gasteiger partial charge in [-0.2, -0.15) is 5.26 Å². The summed E-state index contributed by atoms with van der Waals surface area (Å²) in [6, 6.07) is 9.95. The van der Waals surface area contributed by atoms with Crippen molar-refractivity contribution in [1.82, 2.24) is 4.90 Å². The molecule has 0 radical (unpaired) electrons. The highest BCUT2D eigenvalue weighted by Crippen LogP contribution is 2.05. The molecule has 0 atom stereocenters. The van der Waals surface area contributed by atoms with Gasteiger partial charge in [-0.25, -0.2) is 0 Å². The highest BCUT2D eigenvalue weighted by Gasteiger charge is 2.08. The first kappa shape index (κ1) is 12.3. The van der Waals surface area contributed by atoms with Crippen LogP contribution in [-0.4, -0.2) is 24.4 Å². The standard InChI is InChI=1S/C13H16N2O/c1-11-4-6-12(7-5-11)10-13(16)15(2)9-3-8-14/h4-7H,3,9-10H2,1-2H3. The van der Waals surface area contributed by atoms with E-state index in [4.69, 9.17) is 5.26 Å². The number of rotatable bonds is 4. The maximum Gasteiger partial charge on any atom is 0.226 e. The molecule has 0 spiro atoms. The van der Waals surface area contributed by atoms with Crippen LogP contribution in [0.15, 0.2) is 24.3 Å². The summed E-state index contributed by atoms with van der Waals surface area (Å²) in [5.74, 6) is 0.0547.